The maximum absolute atomic E-state index is 12.8. The smallest absolute Gasteiger partial charge is 0.405 e. The average molecular weight is 565 g/mol. The standard InChI is InChI=1S/C28H41N3O8.CH4/c1-14-10-18-23(29)20(32)13-19(25(18)34)31-27(35)15(2)8-7-9-21(37-5)26(39-28(30)36)17(4)12-16(3)24(33)22(11-14)38-6;/h7-9,12-14,16,21-22,24,26,32-34H,10-11,29H2,1-6H3,(H2,30,36)(H,31,35);1H4/p+1/b9-7-,15-8+,17-12+;/t14-,16+,21+,22+,24-,26+;/m1./s1. The van der Waals surface area contributed by atoms with Crippen molar-refractivity contribution in [2.45, 2.75) is 72.4 Å². The fourth-order valence-corrected chi connectivity index (χ4v) is 4.67. The molecule has 9 N–H and O–H groups in total. The van der Waals surface area contributed by atoms with Crippen LogP contribution in [0.2, 0.25) is 0 Å². The molecule has 1 aromatic rings. The number of hydrogen-bond acceptors (Lipinski definition) is 8. The van der Waals surface area contributed by atoms with Gasteiger partial charge in [-0.25, -0.2) is 4.79 Å². The highest BCUT2D eigenvalue weighted by atomic mass is 16.6. The fourth-order valence-electron chi connectivity index (χ4n) is 4.67. The molecule has 2 rings (SSSR count). The van der Waals surface area contributed by atoms with Crippen molar-refractivity contribution in [3.8, 4) is 11.5 Å². The van der Waals surface area contributed by atoms with Gasteiger partial charge in [0, 0.05) is 31.8 Å². The normalized spacial score (nSPS) is 30.1. The molecule has 40 heavy (non-hydrogen) atoms. The molecule has 11 heteroatoms. The van der Waals surface area contributed by atoms with Gasteiger partial charge in [0.25, 0.3) is 5.91 Å². The molecule has 1 aliphatic heterocycles. The summed E-state index contributed by atoms with van der Waals surface area (Å²) in [4.78, 5) is 24.5. The van der Waals surface area contributed by atoms with E-state index in [4.69, 9.17) is 19.9 Å². The number of methoxy groups -OCH3 is 2. The number of amides is 2. The van der Waals surface area contributed by atoms with Gasteiger partial charge in [-0.15, -0.1) is 0 Å². The van der Waals surface area contributed by atoms with Gasteiger partial charge < -0.3 is 46.3 Å². The highest BCUT2D eigenvalue weighted by Gasteiger charge is 2.30. The topological polar surface area (TPSA) is 188 Å². The number of aliphatic hydroxyl groups is 1. The molecule has 0 fully saturated rings. The zero-order chi connectivity index (χ0) is 29.4. The van der Waals surface area contributed by atoms with Gasteiger partial charge in [0.2, 0.25) is 0 Å². The van der Waals surface area contributed by atoms with E-state index in [1.165, 1.54) is 26.4 Å². The quantitative estimate of drug-likeness (QED) is 0.183. The third-order valence-corrected chi connectivity index (χ3v) is 6.95. The molecule has 1 aromatic carbocycles. The number of nitrogens with one attached hydrogen (secondary N) is 1. The lowest BCUT2D eigenvalue weighted by molar-refractivity contribution is -0.257. The van der Waals surface area contributed by atoms with Crippen LogP contribution in [0.5, 0.6) is 11.5 Å². The fraction of sp³-hybridized carbons (Fsp3) is 0.517. The van der Waals surface area contributed by atoms with Crippen molar-refractivity contribution < 1.29 is 44.9 Å². The second-order valence-corrected chi connectivity index (χ2v) is 10.1. The molecule has 0 unspecified atom stereocenters. The number of hydrogen-bond donors (Lipinski definition) is 6. The highest BCUT2D eigenvalue weighted by Crippen LogP contribution is 2.40. The minimum atomic E-state index is -0.987. The Kier molecular flexibility index (Phi) is 13.4. The number of benzene rings is 1. The summed E-state index contributed by atoms with van der Waals surface area (Å²) in [5.74, 6) is -1.38. The molecular weight excluding hydrogens is 518 g/mol. The number of primary amides is 1. The second-order valence-electron chi connectivity index (χ2n) is 10.1. The third-order valence-electron chi connectivity index (χ3n) is 6.95. The molecule has 0 saturated heterocycles. The first-order valence-electron chi connectivity index (χ1n) is 12.7. The molecule has 0 aliphatic carbocycles. The van der Waals surface area contributed by atoms with E-state index in [1.807, 2.05) is 13.8 Å². The van der Waals surface area contributed by atoms with Gasteiger partial charge in [-0.3, -0.25) is 4.79 Å². The van der Waals surface area contributed by atoms with Gasteiger partial charge in [-0.1, -0.05) is 45.6 Å². The van der Waals surface area contributed by atoms with Gasteiger partial charge in [0.15, 0.2) is 17.5 Å². The van der Waals surface area contributed by atoms with E-state index in [0.717, 1.165) is 0 Å². The predicted molar refractivity (Wildman–Crippen MR) is 153 cm³/mol. The van der Waals surface area contributed by atoms with Crippen molar-refractivity contribution in [2.75, 3.05) is 19.5 Å². The molecule has 6 atom stereocenters. The first-order chi connectivity index (χ1) is 18.3. The van der Waals surface area contributed by atoms with Crippen LogP contribution in [0.25, 0.3) is 0 Å². The van der Waals surface area contributed by atoms with Crippen LogP contribution < -0.4 is 16.8 Å². The number of aromatic hydroxyl groups is 2. The van der Waals surface area contributed by atoms with Crippen molar-refractivity contribution in [3.63, 3.8) is 0 Å². The number of rotatable bonds is 3. The van der Waals surface area contributed by atoms with Gasteiger partial charge >= 0.3 is 6.09 Å². The Balaban J connectivity index is 0.00000800. The number of nitrogens with two attached hydrogens (primary N) is 1. The van der Waals surface area contributed by atoms with Crippen molar-refractivity contribution >= 4 is 23.4 Å². The van der Waals surface area contributed by atoms with Crippen molar-refractivity contribution in [1.82, 2.24) is 0 Å². The van der Waals surface area contributed by atoms with Crippen LogP contribution in [-0.4, -0.2) is 66.0 Å². The number of phenolic OH excluding ortho intramolecular Hbond substituents is 2. The molecule has 0 radical (unpaired) electrons. The van der Waals surface area contributed by atoms with Gasteiger partial charge in [-0.05, 0) is 38.2 Å². The lowest BCUT2D eigenvalue weighted by Crippen LogP contribution is -2.42. The molecule has 1 aliphatic rings. The maximum Gasteiger partial charge on any atom is 0.405 e. The first kappa shape index (κ1) is 34.6. The van der Waals surface area contributed by atoms with E-state index < -0.39 is 42.3 Å². The lowest BCUT2D eigenvalue weighted by Gasteiger charge is -2.29. The van der Waals surface area contributed by atoms with Crippen LogP contribution in [0.4, 0.5) is 16.2 Å². The largest absolute Gasteiger partial charge is 0.505 e. The lowest BCUT2D eigenvalue weighted by atomic mass is 9.87. The van der Waals surface area contributed by atoms with E-state index in [0.29, 0.717) is 29.6 Å². The molecular formula is C29H46N3O8+. The summed E-state index contributed by atoms with van der Waals surface area (Å²) < 4.78 is 16.5. The van der Waals surface area contributed by atoms with Crippen molar-refractivity contribution in [1.29, 1.82) is 0 Å². The summed E-state index contributed by atoms with van der Waals surface area (Å²) in [5, 5.41) is 35.2. The first-order valence-corrected chi connectivity index (χ1v) is 12.7. The number of carbonyl (C=O) groups excluding carboxylic acids is 2. The minimum absolute atomic E-state index is 0. The van der Waals surface area contributed by atoms with Crippen LogP contribution in [0.3, 0.4) is 0 Å². The summed E-state index contributed by atoms with van der Waals surface area (Å²) in [6, 6.07) is 1.25. The number of ether oxygens (including phenoxy) is 3. The molecule has 0 aromatic heterocycles. The molecule has 2 amide bonds. The number of phenols is 2. The number of anilines is 1. The van der Waals surface area contributed by atoms with Crippen molar-refractivity contribution in [3.05, 3.63) is 47.1 Å². The SMILES string of the molecule is C.CO[C@H]1/C=C\C=C(/C)C(=O)Nc2cc(O)c([NH3+])c(c2O)C[C@@H](C)C[C@H](OC)[C@H](O)[C@@H](C)/C=C(\C)[C@@H]1OC(N)=O. The minimum Gasteiger partial charge on any atom is -0.505 e. The third kappa shape index (κ3) is 8.82. The van der Waals surface area contributed by atoms with Gasteiger partial charge in [0.05, 0.1) is 23.5 Å². The Morgan fingerprint density at radius 1 is 1.18 bits per heavy atom. The average Bonchev–Trinajstić information content (AvgIpc) is 2.88. The van der Waals surface area contributed by atoms with Crippen LogP contribution in [0.15, 0.2) is 41.5 Å². The molecule has 1 heterocycles. The predicted octanol–water partition coefficient (Wildman–Crippen LogP) is 3.07. The maximum atomic E-state index is 12.8. The van der Waals surface area contributed by atoms with Crippen LogP contribution in [0.1, 0.15) is 47.1 Å². The Hall–Kier alpha value is -3.38. The molecule has 0 spiro atoms. The van der Waals surface area contributed by atoms with Crippen LogP contribution in [0, 0.1) is 11.8 Å². The zero-order valence-corrected chi connectivity index (χ0v) is 23.4. The van der Waals surface area contributed by atoms with E-state index in [1.54, 1.807) is 32.1 Å². The summed E-state index contributed by atoms with van der Waals surface area (Å²) in [7, 11) is 2.95. The van der Waals surface area contributed by atoms with E-state index in [9.17, 15) is 24.9 Å². The molecule has 2 bridgehead atoms. The molecule has 224 valence electrons. The molecule has 0 saturated carbocycles. The summed E-state index contributed by atoms with van der Waals surface area (Å²) in [6.45, 7) is 7.07. The van der Waals surface area contributed by atoms with E-state index in [2.05, 4.69) is 11.1 Å². The number of quaternary nitrogens is 1. The summed E-state index contributed by atoms with van der Waals surface area (Å²) >= 11 is 0. The number of aliphatic hydroxyl groups excluding tert-OH is 1. The number of fused-ring (bicyclic) bond motifs is 2. The number of carbonyl (C=O) groups is 2. The van der Waals surface area contributed by atoms with Gasteiger partial charge in [0.1, 0.15) is 11.9 Å². The Morgan fingerprint density at radius 3 is 2.40 bits per heavy atom. The molecule has 11 nitrogen and oxygen atoms in total. The van der Waals surface area contributed by atoms with E-state index >= 15 is 0 Å². The Morgan fingerprint density at radius 2 is 1.82 bits per heavy atom. The number of allylic oxidation sites excluding steroid dienone is 2. The Labute approximate surface area is 236 Å². The highest BCUT2D eigenvalue weighted by molar-refractivity contribution is 6.04. The Bertz CT molecular complexity index is 1130. The summed E-state index contributed by atoms with van der Waals surface area (Å²) in [6.07, 6.45) is 3.08. The second kappa shape index (κ2) is 15.4. The summed E-state index contributed by atoms with van der Waals surface area (Å²) in [5.41, 5.74) is 10.8. The van der Waals surface area contributed by atoms with Crippen LogP contribution in [-0.2, 0) is 25.4 Å². The zero-order valence-electron chi connectivity index (χ0n) is 23.4. The monoisotopic (exact) mass is 564 g/mol. The van der Waals surface area contributed by atoms with E-state index in [-0.39, 0.29) is 36.2 Å². The van der Waals surface area contributed by atoms with Gasteiger partial charge in [-0.2, -0.15) is 0 Å². The van der Waals surface area contributed by atoms with Crippen LogP contribution >= 0.6 is 0 Å². The van der Waals surface area contributed by atoms with Crippen molar-refractivity contribution in [2.24, 2.45) is 17.6 Å².